The Morgan fingerprint density at radius 1 is 0.966 bits per heavy atom. The minimum atomic E-state index is 0.101. The lowest BCUT2D eigenvalue weighted by molar-refractivity contribution is 0.101. The number of benzene rings is 2. The Labute approximate surface area is 170 Å². The third-order valence-electron chi connectivity index (χ3n) is 5.92. The minimum Gasteiger partial charge on any atom is -0.497 e. The van der Waals surface area contributed by atoms with Crippen molar-refractivity contribution in [2.24, 2.45) is 0 Å². The Kier molecular flexibility index (Phi) is 4.27. The summed E-state index contributed by atoms with van der Waals surface area (Å²) in [4.78, 5) is 12.8. The first-order valence-corrected chi connectivity index (χ1v) is 10.2. The molecule has 0 bridgehead atoms. The number of hydrogen-bond donors (Lipinski definition) is 0. The normalized spacial score (nSPS) is 13.4. The predicted molar refractivity (Wildman–Crippen MR) is 116 cm³/mol. The number of ether oxygens (including phenoxy) is 1. The number of nitrogens with zero attached hydrogens (tertiary/aromatic N) is 2. The van der Waals surface area contributed by atoms with E-state index in [9.17, 15) is 4.79 Å². The summed E-state index contributed by atoms with van der Waals surface area (Å²) in [5.74, 6) is 0.948. The number of aryl methyl sites for hydroxylation is 2. The summed E-state index contributed by atoms with van der Waals surface area (Å²) in [5.41, 5.74) is 7.75. The Balaban J connectivity index is 1.81. The van der Waals surface area contributed by atoms with Crippen molar-refractivity contribution in [1.29, 1.82) is 0 Å². The molecular formula is C25H24N2O2. The van der Waals surface area contributed by atoms with Gasteiger partial charge in [0.2, 0.25) is 0 Å². The molecule has 4 nitrogen and oxygen atoms in total. The molecule has 1 aliphatic rings. The summed E-state index contributed by atoms with van der Waals surface area (Å²) in [6.07, 6.45) is 5.38. The van der Waals surface area contributed by atoms with Crippen molar-refractivity contribution in [3.63, 3.8) is 0 Å². The lowest BCUT2D eigenvalue weighted by Crippen LogP contribution is -2.00. The van der Waals surface area contributed by atoms with Gasteiger partial charge in [0.05, 0.1) is 18.5 Å². The topological polar surface area (TPSA) is 35.6 Å². The highest BCUT2D eigenvalue weighted by Crippen LogP contribution is 2.39. The Bertz CT molecular complexity index is 1200. The third-order valence-corrected chi connectivity index (χ3v) is 5.92. The van der Waals surface area contributed by atoms with Gasteiger partial charge >= 0.3 is 0 Å². The van der Waals surface area contributed by atoms with E-state index >= 15 is 0 Å². The van der Waals surface area contributed by atoms with Gasteiger partial charge in [0, 0.05) is 30.8 Å². The van der Waals surface area contributed by atoms with Crippen molar-refractivity contribution in [2.75, 3.05) is 7.11 Å². The maximum Gasteiger partial charge on any atom is 0.177 e. The second-order valence-electron chi connectivity index (χ2n) is 7.67. The van der Waals surface area contributed by atoms with Crippen LogP contribution in [-0.4, -0.2) is 21.9 Å². The Morgan fingerprint density at radius 3 is 2.41 bits per heavy atom. The third kappa shape index (κ3) is 2.79. The predicted octanol–water partition coefficient (Wildman–Crippen LogP) is 5.62. The van der Waals surface area contributed by atoms with E-state index < -0.39 is 0 Å². The van der Waals surface area contributed by atoms with Gasteiger partial charge < -0.3 is 9.30 Å². The van der Waals surface area contributed by atoms with Gasteiger partial charge in [-0.05, 0) is 54.7 Å². The van der Waals surface area contributed by atoms with Gasteiger partial charge in [-0.25, -0.2) is 0 Å². The van der Waals surface area contributed by atoms with E-state index in [1.54, 1.807) is 14.0 Å². The lowest BCUT2D eigenvalue weighted by atomic mass is 9.97. The van der Waals surface area contributed by atoms with Gasteiger partial charge in [-0.3, -0.25) is 9.20 Å². The number of carbonyl (C=O) groups excluding carboxylic acids is 1. The van der Waals surface area contributed by atoms with Crippen LogP contribution in [0.15, 0.2) is 60.8 Å². The van der Waals surface area contributed by atoms with E-state index in [2.05, 4.69) is 39.4 Å². The van der Waals surface area contributed by atoms with E-state index in [-0.39, 0.29) is 5.78 Å². The molecule has 0 spiro atoms. The first kappa shape index (κ1) is 17.8. The zero-order valence-corrected chi connectivity index (χ0v) is 16.8. The van der Waals surface area contributed by atoms with Gasteiger partial charge in [-0.1, -0.05) is 30.3 Å². The largest absolute Gasteiger partial charge is 0.497 e. The zero-order valence-electron chi connectivity index (χ0n) is 16.8. The van der Waals surface area contributed by atoms with E-state index in [0.717, 1.165) is 65.3 Å². The summed E-state index contributed by atoms with van der Waals surface area (Å²) in [7, 11) is 1.68. The highest BCUT2D eigenvalue weighted by molar-refractivity contribution is 6.03. The van der Waals surface area contributed by atoms with Crippen molar-refractivity contribution >= 4 is 11.4 Å². The Morgan fingerprint density at radius 2 is 1.72 bits per heavy atom. The number of methoxy groups -OCH3 is 1. The first-order chi connectivity index (χ1) is 14.2. The molecule has 0 atom stereocenters. The fourth-order valence-corrected chi connectivity index (χ4v) is 4.64. The molecule has 0 N–H and O–H groups in total. The molecule has 2 aromatic carbocycles. The van der Waals surface area contributed by atoms with Crippen molar-refractivity contribution in [3.05, 3.63) is 72.1 Å². The van der Waals surface area contributed by atoms with Gasteiger partial charge in [0.15, 0.2) is 5.78 Å². The lowest BCUT2D eigenvalue weighted by Gasteiger charge is -2.09. The molecule has 0 aliphatic carbocycles. The van der Waals surface area contributed by atoms with Crippen LogP contribution in [0.3, 0.4) is 0 Å². The van der Waals surface area contributed by atoms with E-state index in [1.165, 1.54) is 5.56 Å². The van der Waals surface area contributed by atoms with Crippen molar-refractivity contribution < 1.29 is 9.53 Å². The van der Waals surface area contributed by atoms with Gasteiger partial charge in [-0.2, -0.15) is 0 Å². The Hall–Kier alpha value is -3.27. The molecular weight excluding hydrogens is 360 g/mol. The fraction of sp³-hybridized carbons (Fsp3) is 0.240. The smallest absolute Gasteiger partial charge is 0.177 e. The number of carbonyl (C=O) groups is 1. The zero-order chi connectivity index (χ0) is 20.0. The van der Waals surface area contributed by atoms with Crippen molar-refractivity contribution in [1.82, 2.24) is 8.97 Å². The first-order valence-electron chi connectivity index (χ1n) is 10.2. The van der Waals surface area contributed by atoms with Crippen molar-refractivity contribution in [3.8, 4) is 28.1 Å². The summed E-state index contributed by atoms with van der Waals surface area (Å²) < 4.78 is 9.84. The second kappa shape index (κ2) is 6.96. The molecule has 5 rings (SSSR count). The van der Waals surface area contributed by atoms with Crippen LogP contribution in [0.5, 0.6) is 5.75 Å². The van der Waals surface area contributed by atoms with Crippen LogP contribution < -0.4 is 4.74 Å². The van der Waals surface area contributed by atoms with Crippen LogP contribution in [0.25, 0.3) is 28.0 Å². The highest BCUT2D eigenvalue weighted by atomic mass is 16.5. The molecule has 3 heterocycles. The summed E-state index contributed by atoms with van der Waals surface area (Å²) in [6.45, 7) is 2.63. The summed E-state index contributed by atoms with van der Waals surface area (Å²) >= 11 is 0. The average molecular weight is 384 g/mol. The van der Waals surface area contributed by atoms with Gasteiger partial charge in [0.1, 0.15) is 11.4 Å². The molecule has 2 aromatic heterocycles. The maximum absolute atomic E-state index is 12.8. The standard InChI is InChI=1S/C25H24N2O2/c1-17(28)24-23(19-8-4-3-5-9-19)21-10-6-7-15-26-22(16-27(24)25(21)26)18-11-13-20(29-2)14-12-18/h3-5,8-9,11-14,16H,6-7,10,15H2,1-2H3. The van der Waals surface area contributed by atoms with Crippen LogP contribution >= 0.6 is 0 Å². The summed E-state index contributed by atoms with van der Waals surface area (Å²) in [5, 5.41) is 0. The van der Waals surface area contributed by atoms with Crippen LogP contribution in [0.4, 0.5) is 0 Å². The SMILES string of the molecule is COc1ccc(-c2cn3c(C(C)=O)c(-c4ccccc4)c4c3n2CCCC4)cc1. The molecule has 0 saturated carbocycles. The maximum atomic E-state index is 12.8. The average Bonchev–Trinajstić information content (AvgIpc) is 3.17. The van der Waals surface area contributed by atoms with Gasteiger partial charge in [0.25, 0.3) is 0 Å². The molecule has 1 aliphatic heterocycles. The monoisotopic (exact) mass is 384 g/mol. The second-order valence-corrected chi connectivity index (χ2v) is 7.67. The van der Waals surface area contributed by atoms with Crippen LogP contribution in [0.2, 0.25) is 0 Å². The molecule has 29 heavy (non-hydrogen) atoms. The molecule has 0 radical (unpaired) electrons. The molecule has 0 unspecified atom stereocenters. The number of ketones is 1. The number of hydrogen-bond acceptors (Lipinski definition) is 2. The molecule has 4 heteroatoms. The number of rotatable bonds is 4. The number of aromatic nitrogens is 2. The van der Waals surface area contributed by atoms with Crippen LogP contribution in [0.1, 0.15) is 35.8 Å². The van der Waals surface area contributed by atoms with E-state index in [0.29, 0.717) is 0 Å². The number of imidazole rings is 1. The fourth-order valence-electron chi connectivity index (χ4n) is 4.64. The van der Waals surface area contributed by atoms with E-state index in [4.69, 9.17) is 4.74 Å². The quantitative estimate of drug-likeness (QED) is 0.428. The number of Topliss-reactive ketones (excluding diaryl/α,β-unsaturated/α-hetero) is 1. The molecule has 0 amide bonds. The molecule has 146 valence electrons. The highest BCUT2D eigenvalue weighted by Gasteiger charge is 2.27. The molecule has 0 fully saturated rings. The van der Waals surface area contributed by atoms with Gasteiger partial charge in [-0.15, -0.1) is 0 Å². The van der Waals surface area contributed by atoms with E-state index in [1.807, 2.05) is 30.3 Å². The van der Waals surface area contributed by atoms with Crippen molar-refractivity contribution in [2.45, 2.75) is 32.7 Å². The minimum absolute atomic E-state index is 0.101. The van der Waals surface area contributed by atoms with Crippen LogP contribution in [-0.2, 0) is 13.0 Å². The van der Waals surface area contributed by atoms with Crippen LogP contribution in [0, 0.1) is 0 Å². The summed E-state index contributed by atoms with van der Waals surface area (Å²) in [6, 6.07) is 18.5. The molecule has 4 aromatic rings. The molecule has 0 saturated heterocycles.